The van der Waals surface area contributed by atoms with E-state index in [2.05, 4.69) is 20.6 Å². The fourth-order valence-electron chi connectivity index (χ4n) is 4.77. The molecule has 36 heavy (non-hydrogen) atoms. The second kappa shape index (κ2) is 8.19. The molecule has 1 atom stereocenters. The average molecular weight is 483 g/mol. The van der Waals surface area contributed by atoms with Gasteiger partial charge in [0.2, 0.25) is 11.8 Å². The van der Waals surface area contributed by atoms with Gasteiger partial charge in [-0.15, -0.1) is 0 Å². The summed E-state index contributed by atoms with van der Waals surface area (Å²) in [6.07, 6.45) is 1.54. The molecule has 2 aliphatic rings. The Morgan fingerprint density at radius 3 is 2.75 bits per heavy atom. The number of methoxy groups -OCH3 is 1. The van der Waals surface area contributed by atoms with E-state index in [0.29, 0.717) is 40.6 Å². The van der Waals surface area contributed by atoms with Crippen LogP contribution in [0, 0.1) is 0 Å². The quantitative estimate of drug-likeness (QED) is 0.401. The van der Waals surface area contributed by atoms with Crippen molar-refractivity contribution in [3.63, 3.8) is 0 Å². The van der Waals surface area contributed by atoms with E-state index < -0.39 is 17.2 Å². The number of carbonyl (C=O) groups excluding carboxylic acids is 3. The Morgan fingerprint density at radius 2 is 2.00 bits per heavy atom. The summed E-state index contributed by atoms with van der Waals surface area (Å²) in [6, 6.07) is 15.9. The molecule has 1 saturated heterocycles. The van der Waals surface area contributed by atoms with Gasteiger partial charge >= 0.3 is 0 Å². The molecule has 3 amide bonds. The molecule has 1 fully saturated rings. The number of hydrogen-bond donors (Lipinski definition) is 2. The van der Waals surface area contributed by atoms with Gasteiger partial charge in [-0.1, -0.05) is 12.1 Å². The van der Waals surface area contributed by atoms with Crippen molar-refractivity contribution in [3.05, 3.63) is 77.7 Å². The molecule has 0 unspecified atom stereocenters. The Bertz CT molecular complexity index is 1530. The van der Waals surface area contributed by atoms with Crippen molar-refractivity contribution in [1.29, 1.82) is 0 Å². The Labute approximate surface area is 205 Å². The largest absolute Gasteiger partial charge is 0.497 e. The first kappa shape index (κ1) is 21.8. The Balaban J connectivity index is 1.34. The minimum Gasteiger partial charge on any atom is -0.497 e. The van der Waals surface area contributed by atoms with Crippen molar-refractivity contribution in [3.8, 4) is 5.75 Å². The molecule has 3 aromatic heterocycles. The van der Waals surface area contributed by atoms with Crippen LogP contribution in [-0.2, 0) is 21.5 Å². The maximum Gasteiger partial charge on any atom is 0.254 e. The maximum atomic E-state index is 13.2. The van der Waals surface area contributed by atoms with Crippen molar-refractivity contribution >= 4 is 40.5 Å². The van der Waals surface area contributed by atoms with E-state index in [4.69, 9.17) is 9.15 Å². The topological polar surface area (TPSA) is 127 Å². The predicted molar refractivity (Wildman–Crippen MR) is 129 cm³/mol. The number of amides is 3. The molecule has 10 nitrogen and oxygen atoms in total. The summed E-state index contributed by atoms with van der Waals surface area (Å²) < 4.78 is 11.3. The van der Waals surface area contributed by atoms with Crippen LogP contribution in [0.15, 0.2) is 65.2 Å². The van der Waals surface area contributed by atoms with E-state index in [-0.39, 0.29) is 24.6 Å². The summed E-state index contributed by atoms with van der Waals surface area (Å²) in [7, 11) is 1.54. The van der Waals surface area contributed by atoms with Crippen LogP contribution in [0.5, 0.6) is 5.75 Å². The number of rotatable bonds is 6. The molecule has 6 rings (SSSR count). The monoisotopic (exact) mass is 483 g/mol. The van der Waals surface area contributed by atoms with Gasteiger partial charge in [-0.3, -0.25) is 19.7 Å². The summed E-state index contributed by atoms with van der Waals surface area (Å²) in [5.74, 6) is 0.890. The van der Waals surface area contributed by atoms with Crippen molar-refractivity contribution < 1.29 is 23.5 Å². The number of furan rings is 1. The third kappa shape index (κ3) is 3.54. The number of imide groups is 1. The first-order chi connectivity index (χ1) is 17.4. The molecule has 0 aliphatic carbocycles. The molecule has 0 spiro atoms. The van der Waals surface area contributed by atoms with Gasteiger partial charge in [0.15, 0.2) is 5.58 Å². The van der Waals surface area contributed by atoms with E-state index in [1.807, 2.05) is 24.3 Å². The van der Waals surface area contributed by atoms with Crippen LogP contribution in [0.25, 0.3) is 11.1 Å². The highest BCUT2D eigenvalue weighted by atomic mass is 16.5. The van der Waals surface area contributed by atoms with E-state index in [9.17, 15) is 14.4 Å². The standard InChI is InChI=1S/C26H21N5O5/c1-35-16-6-5-15-13-31(24(33)17(15)10-16)14-26(12-23(32)30-25(26)34)20-11-18-19(36-20)7-8-22(28-18)29-21-4-2-3-9-27-21/h2-11H,12-14H2,1H3,(H,27,28,29)(H,30,32,34)/t26-/m1/s1. The van der Waals surface area contributed by atoms with Gasteiger partial charge in [0.1, 0.15) is 34.1 Å². The van der Waals surface area contributed by atoms with Gasteiger partial charge in [0.25, 0.3) is 5.91 Å². The molecule has 1 aromatic carbocycles. The first-order valence-corrected chi connectivity index (χ1v) is 11.3. The average Bonchev–Trinajstić information content (AvgIpc) is 3.53. The lowest BCUT2D eigenvalue weighted by molar-refractivity contribution is -0.127. The Kier molecular flexibility index (Phi) is 4.96. The number of hydrogen-bond acceptors (Lipinski definition) is 8. The SMILES string of the molecule is COc1ccc2c(c1)C(=O)N(C[C@@]1(c3cc4nc(Nc5ccccn5)ccc4o3)CC(=O)NC1=O)C2. The summed E-state index contributed by atoms with van der Waals surface area (Å²) in [5.41, 5.74) is 0.957. The van der Waals surface area contributed by atoms with Crippen LogP contribution in [0.3, 0.4) is 0 Å². The molecule has 0 saturated carbocycles. The maximum absolute atomic E-state index is 13.2. The third-order valence-corrected chi connectivity index (χ3v) is 6.57. The normalized spacial score (nSPS) is 19.0. The highest BCUT2D eigenvalue weighted by Gasteiger charge is 2.53. The molecule has 10 heteroatoms. The highest BCUT2D eigenvalue weighted by molar-refractivity contribution is 6.10. The minimum atomic E-state index is -1.37. The lowest BCUT2D eigenvalue weighted by Crippen LogP contribution is -2.46. The van der Waals surface area contributed by atoms with Gasteiger partial charge in [0, 0.05) is 30.9 Å². The summed E-state index contributed by atoms with van der Waals surface area (Å²) in [5, 5.41) is 5.51. The molecular weight excluding hydrogens is 462 g/mol. The molecule has 180 valence electrons. The number of anilines is 2. The second-order valence-corrected chi connectivity index (χ2v) is 8.85. The molecular formula is C26H21N5O5. The number of nitrogens with one attached hydrogen (secondary N) is 2. The Hall–Kier alpha value is -4.73. The summed E-state index contributed by atoms with van der Waals surface area (Å²) in [6.45, 7) is 0.303. The van der Waals surface area contributed by atoms with Crippen LogP contribution in [0.1, 0.15) is 28.1 Å². The van der Waals surface area contributed by atoms with Gasteiger partial charge < -0.3 is 19.4 Å². The lowest BCUT2D eigenvalue weighted by Gasteiger charge is -2.28. The van der Waals surface area contributed by atoms with Crippen molar-refractivity contribution in [2.24, 2.45) is 0 Å². The molecule has 4 aromatic rings. The minimum absolute atomic E-state index is 0.0146. The van der Waals surface area contributed by atoms with Gasteiger partial charge in [-0.2, -0.15) is 0 Å². The van der Waals surface area contributed by atoms with Gasteiger partial charge in [-0.25, -0.2) is 9.97 Å². The number of nitrogens with zero attached hydrogens (tertiary/aromatic N) is 3. The van der Waals surface area contributed by atoms with Crippen molar-refractivity contribution in [2.75, 3.05) is 19.0 Å². The summed E-state index contributed by atoms with van der Waals surface area (Å²) >= 11 is 0. The highest BCUT2D eigenvalue weighted by Crippen LogP contribution is 2.39. The van der Waals surface area contributed by atoms with Crippen molar-refractivity contribution in [2.45, 2.75) is 18.4 Å². The number of carbonyl (C=O) groups is 3. The zero-order valence-corrected chi connectivity index (χ0v) is 19.3. The van der Waals surface area contributed by atoms with Crippen molar-refractivity contribution in [1.82, 2.24) is 20.2 Å². The number of aromatic nitrogens is 2. The molecule has 2 N–H and O–H groups in total. The number of pyridine rings is 2. The molecule has 0 radical (unpaired) electrons. The van der Waals surface area contributed by atoms with Crippen LogP contribution >= 0.6 is 0 Å². The second-order valence-electron chi connectivity index (χ2n) is 8.85. The third-order valence-electron chi connectivity index (χ3n) is 6.57. The van der Waals surface area contributed by atoms with Gasteiger partial charge in [-0.05, 0) is 42.0 Å². The van der Waals surface area contributed by atoms with Crippen LogP contribution < -0.4 is 15.4 Å². The first-order valence-electron chi connectivity index (χ1n) is 11.3. The van der Waals surface area contributed by atoms with Crippen LogP contribution in [-0.4, -0.2) is 46.2 Å². The van der Waals surface area contributed by atoms with E-state index >= 15 is 0 Å². The Morgan fingerprint density at radius 1 is 1.11 bits per heavy atom. The molecule has 5 heterocycles. The zero-order chi connectivity index (χ0) is 24.9. The molecule has 2 aliphatic heterocycles. The molecule has 0 bridgehead atoms. The van der Waals surface area contributed by atoms with E-state index in [1.165, 1.54) is 7.11 Å². The number of fused-ring (bicyclic) bond motifs is 2. The zero-order valence-electron chi connectivity index (χ0n) is 19.3. The van der Waals surface area contributed by atoms with E-state index in [1.54, 1.807) is 41.4 Å². The van der Waals surface area contributed by atoms with Crippen LogP contribution in [0.4, 0.5) is 11.6 Å². The smallest absolute Gasteiger partial charge is 0.254 e. The lowest BCUT2D eigenvalue weighted by atomic mass is 9.82. The number of benzene rings is 1. The van der Waals surface area contributed by atoms with Crippen LogP contribution in [0.2, 0.25) is 0 Å². The fraction of sp³-hybridized carbons (Fsp3) is 0.192. The predicted octanol–water partition coefficient (Wildman–Crippen LogP) is 2.92. The summed E-state index contributed by atoms with van der Waals surface area (Å²) in [4.78, 5) is 49.1. The van der Waals surface area contributed by atoms with E-state index in [0.717, 1.165) is 5.56 Å². The fourth-order valence-corrected chi connectivity index (χ4v) is 4.77. The number of ether oxygens (including phenoxy) is 1. The van der Waals surface area contributed by atoms with Gasteiger partial charge in [0.05, 0.1) is 13.5 Å².